The Morgan fingerprint density at radius 3 is 2.67 bits per heavy atom. The van der Waals surface area contributed by atoms with E-state index in [1.54, 1.807) is 12.3 Å². The van der Waals surface area contributed by atoms with Gasteiger partial charge in [0.2, 0.25) is 0 Å². The number of nitrogens with zero attached hydrogens (tertiary/aromatic N) is 2. The largest absolute Gasteiger partial charge is 0.481 e. The molecule has 1 aromatic heterocycles. The first kappa shape index (κ1) is 12.2. The minimum Gasteiger partial charge on any atom is -0.481 e. The van der Waals surface area contributed by atoms with Crippen molar-refractivity contribution in [2.24, 2.45) is 0 Å². The van der Waals surface area contributed by atoms with Gasteiger partial charge in [-0.25, -0.2) is 0 Å². The first-order chi connectivity index (χ1) is 8.75. The molecule has 0 spiro atoms. The van der Waals surface area contributed by atoms with Crippen LogP contribution in [0.1, 0.15) is 12.2 Å². The molecular weight excluding hydrogens is 232 g/mol. The normalized spacial score (nSPS) is 10.2. The second-order valence-corrected chi connectivity index (χ2v) is 3.88. The van der Waals surface area contributed by atoms with Gasteiger partial charge in [0.05, 0.1) is 19.2 Å². The first-order valence-electron chi connectivity index (χ1n) is 5.67. The van der Waals surface area contributed by atoms with Crippen molar-refractivity contribution in [1.82, 2.24) is 5.16 Å². The van der Waals surface area contributed by atoms with Gasteiger partial charge in [0.25, 0.3) is 0 Å². The van der Waals surface area contributed by atoms with Gasteiger partial charge in [-0.1, -0.05) is 23.4 Å². The van der Waals surface area contributed by atoms with Gasteiger partial charge in [-0.3, -0.25) is 4.79 Å². The molecule has 0 unspecified atom stereocenters. The average molecular weight is 246 g/mol. The highest BCUT2D eigenvalue weighted by Crippen LogP contribution is 2.16. The molecule has 0 aliphatic carbocycles. The number of carbonyl (C=O) groups is 1. The monoisotopic (exact) mass is 246 g/mol. The summed E-state index contributed by atoms with van der Waals surface area (Å²) in [5.74, 6) is -0.0993. The van der Waals surface area contributed by atoms with Crippen LogP contribution in [0.25, 0.3) is 0 Å². The third kappa shape index (κ3) is 3.35. The summed E-state index contributed by atoms with van der Waals surface area (Å²) >= 11 is 0. The Morgan fingerprint density at radius 2 is 2.06 bits per heavy atom. The highest BCUT2D eigenvalue weighted by Gasteiger charge is 2.11. The van der Waals surface area contributed by atoms with Crippen molar-refractivity contribution in [2.75, 3.05) is 11.4 Å². The highest BCUT2D eigenvalue weighted by atomic mass is 16.5. The van der Waals surface area contributed by atoms with Crippen molar-refractivity contribution in [3.63, 3.8) is 0 Å². The van der Waals surface area contributed by atoms with E-state index >= 15 is 0 Å². The van der Waals surface area contributed by atoms with Crippen LogP contribution in [0.5, 0.6) is 0 Å². The summed E-state index contributed by atoms with van der Waals surface area (Å²) in [6.45, 7) is 0.942. The summed E-state index contributed by atoms with van der Waals surface area (Å²) in [4.78, 5) is 12.6. The van der Waals surface area contributed by atoms with Crippen LogP contribution < -0.4 is 4.90 Å². The van der Waals surface area contributed by atoms with E-state index in [9.17, 15) is 4.79 Å². The number of hydrogen-bond donors (Lipinski definition) is 1. The Morgan fingerprint density at radius 1 is 1.28 bits per heavy atom. The van der Waals surface area contributed by atoms with Crippen LogP contribution >= 0.6 is 0 Å². The Hall–Kier alpha value is -2.30. The zero-order chi connectivity index (χ0) is 12.8. The third-order valence-corrected chi connectivity index (χ3v) is 2.55. The maximum atomic E-state index is 10.7. The van der Waals surface area contributed by atoms with E-state index in [2.05, 4.69) is 5.16 Å². The Labute approximate surface area is 105 Å². The van der Waals surface area contributed by atoms with Gasteiger partial charge in [-0.15, -0.1) is 0 Å². The Kier molecular flexibility index (Phi) is 3.96. The van der Waals surface area contributed by atoms with Crippen molar-refractivity contribution < 1.29 is 14.4 Å². The number of aromatic nitrogens is 1. The molecule has 5 heteroatoms. The molecule has 2 aromatic rings. The summed E-state index contributed by atoms with van der Waals surface area (Å²) in [5, 5.41) is 12.4. The molecule has 0 radical (unpaired) electrons. The molecule has 0 atom stereocenters. The summed E-state index contributed by atoms with van der Waals surface area (Å²) in [6.07, 6.45) is 1.67. The second-order valence-electron chi connectivity index (χ2n) is 3.88. The summed E-state index contributed by atoms with van der Waals surface area (Å²) in [6, 6.07) is 11.4. The van der Waals surface area contributed by atoms with Crippen LogP contribution in [-0.4, -0.2) is 22.8 Å². The molecular formula is C13H14N2O3. The molecule has 1 aromatic carbocycles. The van der Waals surface area contributed by atoms with Crippen LogP contribution in [0.4, 0.5) is 5.69 Å². The molecule has 5 nitrogen and oxygen atoms in total. The smallest absolute Gasteiger partial charge is 0.305 e. The fraction of sp³-hybridized carbons (Fsp3) is 0.231. The molecule has 0 aliphatic rings. The van der Waals surface area contributed by atoms with Crippen molar-refractivity contribution in [1.29, 1.82) is 0 Å². The lowest BCUT2D eigenvalue weighted by Gasteiger charge is -2.22. The number of aliphatic carboxylic acids is 1. The van der Waals surface area contributed by atoms with Gasteiger partial charge >= 0.3 is 5.97 Å². The minimum absolute atomic E-state index is 0.0863. The van der Waals surface area contributed by atoms with E-state index in [-0.39, 0.29) is 6.42 Å². The zero-order valence-corrected chi connectivity index (χ0v) is 9.82. The van der Waals surface area contributed by atoms with E-state index in [4.69, 9.17) is 9.63 Å². The number of benzene rings is 1. The van der Waals surface area contributed by atoms with Gasteiger partial charge < -0.3 is 14.5 Å². The van der Waals surface area contributed by atoms with Gasteiger partial charge in [-0.2, -0.15) is 0 Å². The Balaban J connectivity index is 2.10. The lowest BCUT2D eigenvalue weighted by atomic mass is 10.2. The molecule has 0 saturated heterocycles. The van der Waals surface area contributed by atoms with Crippen molar-refractivity contribution in [2.45, 2.75) is 13.0 Å². The number of carboxylic acids is 1. The van der Waals surface area contributed by atoms with Crippen LogP contribution in [0, 0.1) is 0 Å². The molecule has 0 aliphatic heterocycles. The SMILES string of the molecule is O=C(O)CCN(Cc1ccno1)c1ccccc1. The first-order valence-corrected chi connectivity index (χ1v) is 5.67. The van der Waals surface area contributed by atoms with Crippen molar-refractivity contribution >= 4 is 11.7 Å². The fourth-order valence-electron chi connectivity index (χ4n) is 1.68. The van der Waals surface area contributed by atoms with E-state index in [0.717, 1.165) is 5.69 Å². The van der Waals surface area contributed by atoms with Crippen LogP contribution in [0.15, 0.2) is 47.1 Å². The molecule has 94 valence electrons. The van der Waals surface area contributed by atoms with Gasteiger partial charge in [0.1, 0.15) is 0 Å². The number of anilines is 1. The summed E-state index contributed by atoms with van der Waals surface area (Å²) < 4.78 is 5.05. The van der Waals surface area contributed by atoms with Crippen LogP contribution in [0.3, 0.4) is 0 Å². The summed E-state index contributed by atoms with van der Waals surface area (Å²) in [7, 11) is 0. The van der Waals surface area contributed by atoms with Crippen LogP contribution in [-0.2, 0) is 11.3 Å². The van der Waals surface area contributed by atoms with Crippen LogP contribution in [0.2, 0.25) is 0 Å². The van der Waals surface area contributed by atoms with Gasteiger partial charge in [0.15, 0.2) is 5.76 Å². The van der Waals surface area contributed by atoms with E-state index in [1.165, 1.54) is 0 Å². The molecule has 0 saturated carbocycles. The molecule has 1 heterocycles. The highest BCUT2D eigenvalue weighted by molar-refractivity contribution is 5.67. The predicted octanol–water partition coefficient (Wildman–Crippen LogP) is 2.16. The number of hydrogen-bond acceptors (Lipinski definition) is 4. The molecule has 1 N–H and O–H groups in total. The minimum atomic E-state index is -0.812. The lowest BCUT2D eigenvalue weighted by molar-refractivity contribution is -0.136. The zero-order valence-electron chi connectivity index (χ0n) is 9.82. The predicted molar refractivity (Wildman–Crippen MR) is 66.2 cm³/mol. The number of rotatable bonds is 6. The Bertz CT molecular complexity index is 482. The second kappa shape index (κ2) is 5.86. The molecule has 0 fully saturated rings. The van der Waals surface area contributed by atoms with Crippen molar-refractivity contribution in [3.8, 4) is 0 Å². The lowest BCUT2D eigenvalue weighted by Crippen LogP contribution is -2.25. The number of para-hydroxylation sites is 1. The van der Waals surface area contributed by atoms with Gasteiger partial charge in [0, 0.05) is 18.3 Å². The van der Waals surface area contributed by atoms with E-state index in [1.807, 2.05) is 35.2 Å². The van der Waals surface area contributed by atoms with Gasteiger partial charge in [-0.05, 0) is 12.1 Å². The quantitative estimate of drug-likeness (QED) is 0.846. The average Bonchev–Trinajstić information content (AvgIpc) is 2.88. The standard InChI is InChI=1S/C13H14N2O3/c16-13(17)7-9-15(10-12-6-8-14-18-12)11-4-2-1-3-5-11/h1-6,8H,7,9-10H2,(H,16,17). The topological polar surface area (TPSA) is 66.6 Å². The molecule has 18 heavy (non-hydrogen) atoms. The van der Waals surface area contributed by atoms with Crippen molar-refractivity contribution in [3.05, 3.63) is 48.4 Å². The third-order valence-electron chi connectivity index (χ3n) is 2.55. The number of carboxylic acid groups (broad SMARTS) is 1. The maximum absolute atomic E-state index is 10.7. The molecule has 0 amide bonds. The van der Waals surface area contributed by atoms with E-state index < -0.39 is 5.97 Å². The fourth-order valence-corrected chi connectivity index (χ4v) is 1.68. The molecule has 0 bridgehead atoms. The van der Waals surface area contributed by atoms with E-state index in [0.29, 0.717) is 18.8 Å². The maximum Gasteiger partial charge on any atom is 0.305 e. The molecule has 2 rings (SSSR count). The summed E-state index contributed by atoms with van der Waals surface area (Å²) in [5.41, 5.74) is 0.968.